The fourth-order valence-corrected chi connectivity index (χ4v) is 2.52. The number of non-ortho nitro benzene ring substituents is 1. The van der Waals surface area contributed by atoms with Gasteiger partial charge in [0.15, 0.2) is 5.78 Å². The molecular weight excluding hydrogens is 410 g/mol. The van der Waals surface area contributed by atoms with Crippen molar-refractivity contribution in [2.75, 3.05) is 0 Å². The number of hydrogen-bond donors (Lipinski definition) is 0. The molecule has 0 saturated heterocycles. The highest BCUT2D eigenvalue weighted by atomic mass is 16.6. The van der Waals surface area contributed by atoms with Gasteiger partial charge in [-0.25, -0.2) is 0 Å². The first-order valence-electron chi connectivity index (χ1n) is 9.72. The Morgan fingerprint density at radius 2 is 1.16 bits per heavy atom. The molecule has 0 heterocycles. The molecule has 0 aliphatic heterocycles. The van der Waals surface area contributed by atoms with Crippen LogP contribution in [0.25, 0.3) is 0 Å². The lowest BCUT2D eigenvalue weighted by molar-refractivity contribution is -0.384. The zero-order valence-electron chi connectivity index (χ0n) is 18.4. The maximum absolute atomic E-state index is 13.0. The molecule has 0 saturated carbocycles. The van der Waals surface area contributed by atoms with Crippen LogP contribution in [0.15, 0.2) is 24.3 Å². The molecule has 0 radical (unpaired) electrons. The monoisotopic (exact) mass is 437 g/mol. The topological polar surface area (TPSA) is 139 Å². The Balaban J connectivity index is 3.50. The molecule has 10 heteroatoms. The Bertz CT molecular complexity index is 786. The van der Waals surface area contributed by atoms with Gasteiger partial charge in [0.05, 0.1) is 23.2 Å². The van der Waals surface area contributed by atoms with Crippen molar-refractivity contribution in [2.24, 2.45) is 5.41 Å². The van der Waals surface area contributed by atoms with Crippen molar-refractivity contribution >= 4 is 29.4 Å². The predicted octanol–water partition coefficient (Wildman–Crippen LogP) is 3.01. The van der Waals surface area contributed by atoms with E-state index in [1.54, 1.807) is 0 Å². The molecule has 0 spiro atoms. The van der Waals surface area contributed by atoms with E-state index >= 15 is 0 Å². The van der Waals surface area contributed by atoms with Crippen LogP contribution in [-0.2, 0) is 28.6 Å². The molecule has 0 bridgehead atoms. The molecule has 0 aromatic heterocycles. The number of nitro benzene ring substituents is 1. The molecule has 31 heavy (non-hydrogen) atoms. The van der Waals surface area contributed by atoms with Crippen molar-refractivity contribution in [1.82, 2.24) is 0 Å². The summed E-state index contributed by atoms with van der Waals surface area (Å²) in [7, 11) is 0. The van der Waals surface area contributed by atoms with Gasteiger partial charge in [-0.1, -0.05) is 0 Å². The smallest absolute Gasteiger partial charge is 0.335 e. The second-order valence-corrected chi connectivity index (χ2v) is 7.67. The summed E-state index contributed by atoms with van der Waals surface area (Å²) in [6.45, 7) is 9.10. The molecule has 170 valence electrons. The van der Waals surface area contributed by atoms with E-state index < -0.39 is 58.8 Å². The molecular formula is C21H27NO9. The van der Waals surface area contributed by atoms with E-state index in [9.17, 15) is 29.3 Å². The zero-order valence-corrected chi connectivity index (χ0v) is 18.4. The Labute approximate surface area is 180 Å². The third kappa shape index (κ3) is 6.59. The van der Waals surface area contributed by atoms with Crippen molar-refractivity contribution in [2.45, 2.75) is 66.3 Å². The standard InChI is InChI=1S/C21H27NO9/c1-12(2)29-18(24)21(19(25)30-13(3)4,20(26)31-14(5)6)11-17(23)15-7-9-16(10-8-15)22(27)28/h7-10,12-14H,11H2,1-6H3. The van der Waals surface area contributed by atoms with Gasteiger partial charge >= 0.3 is 17.9 Å². The number of ether oxygens (including phenoxy) is 3. The lowest BCUT2D eigenvalue weighted by Gasteiger charge is -2.29. The molecule has 0 atom stereocenters. The van der Waals surface area contributed by atoms with Crippen LogP contribution in [0, 0.1) is 15.5 Å². The number of nitrogens with zero attached hydrogens (tertiary/aromatic N) is 1. The summed E-state index contributed by atoms with van der Waals surface area (Å²) < 4.78 is 15.4. The number of carbonyl (C=O) groups excluding carboxylic acids is 4. The van der Waals surface area contributed by atoms with E-state index in [1.807, 2.05) is 0 Å². The van der Waals surface area contributed by atoms with Crippen LogP contribution in [0.5, 0.6) is 0 Å². The van der Waals surface area contributed by atoms with Gasteiger partial charge in [-0.05, 0) is 53.7 Å². The maximum Gasteiger partial charge on any atom is 0.335 e. The van der Waals surface area contributed by atoms with Gasteiger partial charge in [0.25, 0.3) is 11.1 Å². The van der Waals surface area contributed by atoms with Crippen LogP contribution < -0.4 is 0 Å². The first kappa shape index (κ1) is 25.7. The van der Waals surface area contributed by atoms with Gasteiger partial charge in [0, 0.05) is 24.1 Å². The SMILES string of the molecule is CC(C)OC(=O)C(CC(=O)c1ccc([N+](=O)[O-])cc1)(C(=O)OC(C)C)C(=O)OC(C)C. The number of nitro groups is 1. The summed E-state index contributed by atoms with van der Waals surface area (Å²) in [6.07, 6.45) is -3.01. The third-order valence-electron chi connectivity index (χ3n) is 3.90. The molecule has 0 aliphatic carbocycles. The summed E-state index contributed by atoms with van der Waals surface area (Å²) in [5.74, 6) is -4.60. The van der Waals surface area contributed by atoms with Crippen LogP contribution in [0.1, 0.15) is 58.3 Å². The van der Waals surface area contributed by atoms with Crippen LogP contribution in [0.2, 0.25) is 0 Å². The maximum atomic E-state index is 13.0. The molecule has 0 N–H and O–H groups in total. The second kappa shape index (κ2) is 10.6. The molecule has 0 unspecified atom stereocenters. The van der Waals surface area contributed by atoms with Gasteiger partial charge in [0.1, 0.15) is 0 Å². The van der Waals surface area contributed by atoms with Gasteiger partial charge < -0.3 is 14.2 Å². The predicted molar refractivity (Wildman–Crippen MR) is 108 cm³/mol. The van der Waals surface area contributed by atoms with E-state index in [4.69, 9.17) is 14.2 Å². The fraction of sp³-hybridized carbons (Fsp3) is 0.524. The molecule has 10 nitrogen and oxygen atoms in total. The Kier molecular flexibility index (Phi) is 8.84. The summed E-state index contributed by atoms with van der Waals surface area (Å²) >= 11 is 0. The molecule has 1 aromatic rings. The Morgan fingerprint density at radius 1 is 0.806 bits per heavy atom. The Morgan fingerprint density at radius 3 is 1.45 bits per heavy atom. The van der Waals surface area contributed by atoms with Crippen molar-refractivity contribution in [3.63, 3.8) is 0 Å². The minimum absolute atomic E-state index is 0.0398. The number of benzene rings is 1. The first-order chi connectivity index (χ1) is 14.3. The molecule has 1 aromatic carbocycles. The minimum atomic E-state index is -2.68. The Hall–Kier alpha value is -3.30. The average Bonchev–Trinajstić information content (AvgIpc) is 2.63. The lowest BCUT2D eigenvalue weighted by atomic mass is 9.81. The quantitative estimate of drug-likeness (QED) is 0.135. The van der Waals surface area contributed by atoms with Crippen molar-refractivity contribution in [3.05, 3.63) is 39.9 Å². The zero-order chi connectivity index (χ0) is 23.9. The van der Waals surface area contributed by atoms with Crippen LogP contribution in [-0.4, -0.2) is 46.9 Å². The van der Waals surface area contributed by atoms with E-state index in [-0.39, 0.29) is 11.3 Å². The summed E-state index contributed by atoms with van der Waals surface area (Å²) in [5, 5.41) is 10.8. The number of Topliss-reactive ketones (excluding diaryl/α,β-unsaturated/α-hetero) is 1. The average molecular weight is 437 g/mol. The summed E-state index contributed by atoms with van der Waals surface area (Å²) in [6, 6.07) is 4.53. The molecule has 0 aliphatic rings. The normalized spacial score (nSPS) is 11.4. The minimum Gasteiger partial charge on any atom is -0.462 e. The van der Waals surface area contributed by atoms with Gasteiger partial charge in [-0.3, -0.25) is 29.3 Å². The number of rotatable bonds is 10. The highest BCUT2D eigenvalue weighted by Crippen LogP contribution is 2.32. The third-order valence-corrected chi connectivity index (χ3v) is 3.90. The van der Waals surface area contributed by atoms with E-state index in [2.05, 4.69) is 0 Å². The van der Waals surface area contributed by atoms with E-state index in [0.717, 1.165) is 12.1 Å². The summed E-state index contributed by atoms with van der Waals surface area (Å²) in [5.41, 5.74) is -2.97. The van der Waals surface area contributed by atoms with Crippen molar-refractivity contribution < 1.29 is 38.3 Å². The number of carbonyl (C=O) groups is 4. The van der Waals surface area contributed by atoms with E-state index in [1.165, 1.54) is 53.7 Å². The lowest BCUT2D eigenvalue weighted by Crippen LogP contribution is -2.52. The first-order valence-corrected chi connectivity index (χ1v) is 9.72. The van der Waals surface area contributed by atoms with Crippen molar-refractivity contribution in [3.8, 4) is 0 Å². The van der Waals surface area contributed by atoms with Gasteiger partial charge in [0.2, 0.25) is 0 Å². The van der Waals surface area contributed by atoms with Gasteiger partial charge in [-0.2, -0.15) is 0 Å². The highest BCUT2D eigenvalue weighted by Gasteiger charge is 2.59. The molecule has 1 rings (SSSR count). The van der Waals surface area contributed by atoms with Crippen LogP contribution in [0.4, 0.5) is 5.69 Å². The van der Waals surface area contributed by atoms with Crippen LogP contribution in [0.3, 0.4) is 0 Å². The van der Waals surface area contributed by atoms with Crippen LogP contribution >= 0.6 is 0 Å². The fourth-order valence-electron chi connectivity index (χ4n) is 2.52. The summed E-state index contributed by atoms with van der Waals surface area (Å²) in [4.78, 5) is 62.0. The highest BCUT2D eigenvalue weighted by molar-refractivity contribution is 6.21. The van der Waals surface area contributed by atoms with Gasteiger partial charge in [-0.15, -0.1) is 0 Å². The number of hydrogen-bond acceptors (Lipinski definition) is 9. The second-order valence-electron chi connectivity index (χ2n) is 7.67. The number of ketones is 1. The molecule has 0 amide bonds. The number of esters is 3. The van der Waals surface area contributed by atoms with E-state index in [0.29, 0.717) is 0 Å². The van der Waals surface area contributed by atoms with Crippen molar-refractivity contribution in [1.29, 1.82) is 0 Å². The largest absolute Gasteiger partial charge is 0.462 e. The molecule has 0 fully saturated rings.